The molecule has 1 aliphatic rings. The zero-order valence-corrected chi connectivity index (χ0v) is 21.1. The number of hydrogen-bond donors (Lipinski definition) is 2. The summed E-state index contributed by atoms with van der Waals surface area (Å²) in [6.45, 7) is 11.2. The molecule has 4 atom stereocenters. The number of hydrogen-bond acceptors (Lipinski definition) is 8. The minimum Gasteiger partial charge on any atom is -0.384 e. The van der Waals surface area contributed by atoms with E-state index in [1.54, 1.807) is 27.7 Å². The van der Waals surface area contributed by atoms with Gasteiger partial charge in [0.25, 0.3) is 5.91 Å². The van der Waals surface area contributed by atoms with Gasteiger partial charge >= 0.3 is 0 Å². The molecule has 0 spiro atoms. The van der Waals surface area contributed by atoms with Crippen molar-refractivity contribution in [2.24, 2.45) is 17.8 Å². The van der Waals surface area contributed by atoms with Gasteiger partial charge in [-0.05, 0) is 32.1 Å². The third kappa shape index (κ3) is 7.46. The summed E-state index contributed by atoms with van der Waals surface area (Å²) in [5.41, 5.74) is -0.792. The van der Waals surface area contributed by atoms with Gasteiger partial charge in [-0.2, -0.15) is 0 Å². The second-order valence-electron chi connectivity index (χ2n) is 9.92. The normalized spacial score (nSPS) is 20.0. The molecule has 2 rings (SSSR count). The third-order valence-corrected chi connectivity index (χ3v) is 5.79. The lowest BCUT2D eigenvalue weighted by atomic mass is 9.90. The molecule has 0 radical (unpaired) electrons. The topological polar surface area (TPSA) is 140 Å². The number of aryl methyl sites for hydroxylation is 1. The van der Waals surface area contributed by atoms with E-state index >= 15 is 0 Å². The van der Waals surface area contributed by atoms with E-state index in [-0.39, 0.29) is 42.1 Å². The number of aromatic nitrogens is 1. The molecule has 0 aliphatic carbocycles. The first kappa shape index (κ1) is 27.7. The third-order valence-electron chi connectivity index (χ3n) is 5.79. The van der Waals surface area contributed by atoms with Crippen LogP contribution in [-0.2, 0) is 23.9 Å². The number of carbonyl (C=O) groups excluding carboxylic acids is 4. The Morgan fingerprint density at radius 2 is 1.82 bits per heavy atom. The maximum Gasteiger partial charge on any atom is 0.274 e. The van der Waals surface area contributed by atoms with Crippen molar-refractivity contribution in [1.82, 2.24) is 15.8 Å². The van der Waals surface area contributed by atoms with Crippen LogP contribution in [0.4, 0.5) is 0 Å². The lowest BCUT2D eigenvalue weighted by molar-refractivity contribution is -0.135. The van der Waals surface area contributed by atoms with Gasteiger partial charge in [0.1, 0.15) is 11.4 Å². The number of epoxide rings is 1. The standard InChI is InChI=1S/C24H37N3O7/c1-13(2)8-17(21(29)24(6)12-33-24)25-22(30)16(11-32-7)10-19(28)20(14(3)4)26-23(31)18-9-15(5)34-27-18/h9,13-14,16-17,20H,8,10-12H2,1-7H3,(H,25,30)(H,26,31)/t16-,17-,20-,24+/m0/s1. The minimum atomic E-state index is -0.869. The molecule has 10 heteroatoms. The fourth-order valence-corrected chi connectivity index (χ4v) is 3.72. The van der Waals surface area contributed by atoms with E-state index in [2.05, 4.69) is 15.8 Å². The molecule has 190 valence electrons. The first-order chi connectivity index (χ1) is 15.9. The summed E-state index contributed by atoms with van der Waals surface area (Å²) >= 11 is 0. The Kier molecular flexibility index (Phi) is 9.52. The molecular weight excluding hydrogens is 442 g/mol. The molecule has 10 nitrogen and oxygen atoms in total. The van der Waals surface area contributed by atoms with Crippen molar-refractivity contribution in [1.29, 1.82) is 0 Å². The van der Waals surface area contributed by atoms with Crippen molar-refractivity contribution in [3.63, 3.8) is 0 Å². The van der Waals surface area contributed by atoms with Crippen LogP contribution < -0.4 is 10.6 Å². The fraction of sp³-hybridized carbons (Fsp3) is 0.708. The van der Waals surface area contributed by atoms with Crippen LogP contribution in [-0.4, -0.2) is 66.5 Å². The van der Waals surface area contributed by atoms with Gasteiger partial charge in [-0.15, -0.1) is 0 Å². The van der Waals surface area contributed by atoms with Crippen LogP contribution in [0.3, 0.4) is 0 Å². The SMILES string of the molecule is COC[C@H](CC(=O)[C@@H](NC(=O)c1cc(C)on1)C(C)C)C(=O)N[C@@H](CC(C)C)C(=O)[C@@]1(C)CO1. The van der Waals surface area contributed by atoms with Gasteiger partial charge in [0.15, 0.2) is 17.3 Å². The van der Waals surface area contributed by atoms with E-state index < -0.39 is 35.4 Å². The summed E-state index contributed by atoms with van der Waals surface area (Å²) in [4.78, 5) is 51.6. The Labute approximate surface area is 200 Å². The van der Waals surface area contributed by atoms with E-state index in [9.17, 15) is 19.2 Å². The molecule has 1 aliphatic heterocycles. The number of ketones is 2. The predicted octanol–water partition coefficient (Wildman–Crippen LogP) is 1.85. The highest BCUT2D eigenvalue weighted by atomic mass is 16.6. The zero-order chi connectivity index (χ0) is 25.6. The van der Waals surface area contributed by atoms with Crippen molar-refractivity contribution >= 4 is 23.4 Å². The second-order valence-corrected chi connectivity index (χ2v) is 9.92. The maximum absolute atomic E-state index is 13.1. The molecule has 1 fully saturated rings. The van der Waals surface area contributed by atoms with Gasteiger partial charge in [-0.25, -0.2) is 0 Å². The van der Waals surface area contributed by atoms with Crippen LogP contribution in [0.25, 0.3) is 0 Å². The van der Waals surface area contributed by atoms with Crippen LogP contribution in [0.2, 0.25) is 0 Å². The highest BCUT2D eigenvalue weighted by molar-refractivity contribution is 5.99. The van der Waals surface area contributed by atoms with Gasteiger partial charge < -0.3 is 24.6 Å². The number of Topliss-reactive ketones (excluding diaryl/α,β-unsaturated/α-hetero) is 2. The van der Waals surface area contributed by atoms with Crippen LogP contribution in [0.5, 0.6) is 0 Å². The first-order valence-electron chi connectivity index (χ1n) is 11.6. The summed E-state index contributed by atoms with van der Waals surface area (Å²) in [6.07, 6.45) is 0.302. The van der Waals surface area contributed by atoms with Gasteiger partial charge in [-0.1, -0.05) is 32.9 Å². The molecule has 0 aromatic carbocycles. The molecule has 34 heavy (non-hydrogen) atoms. The van der Waals surface area contributed by atoms with E-state index in [1.165, 1.54) is 13.2 Å². The summed E-state index contributed by atoms with van der Waals surface area (Å²) in [5, 5.41) is 9.18. The van der Waals surface area contributed by atoms with Crippen molar-refractivity contribution in [2.75, 3.05) is 20.3 Å². The molecule has 0 saturated carbocycles. The predicted molar refractivity (Wildman–Crippen MR) is 123 cm³/mol. The van der Waals surface area contributed by atoms with E-state index in [0.29, 0.717) is 18.8 Å². The number of nitrogens with one attached hydrogen (secondary N) is 2. The number of carbonyl (C=O) groups is 4. The van der Waals surface area contributed by atoms with Crippen molar-refractivity contribution in [2.45, 2.75) is 72.1 Å². The average Bonchev–Trinajstić information content (AvgIpc) is 3.35. The maximum atomic E-state index is 13.1. The van der Waals surface area contributed by atoms with Gasteiger partial charge in [0.05, 0.1) is 31.2 Å². The van der Waals surface area contributed by atoms with Crippen LogP contribution in [0.1, 0.15) is 63.7 Å². The number of ether oxygens (including phenoxy) is 2. The lowest BCUT2D eigenvalue weighted by Crippen LogP contribution is -2.50. The number of methoxy groups -OCH3 is 1. The highest BCUT2D eigenvalue weighted by Crippen LogP contribution is 2.30. The van der Waals surface area contributed by atoms with E-state index in [0.717, 1.165) is 0 Å². The van der Waals surface area contributed by atoms with Gasteiger partial charge in [0.2, 0.25) is 5.91 Å². The lowest BCUT2D eigenvalue weighted by Gasteiger charge is -2.26. The van der Waals surface area contributed by atoms with E-state index in [4.69, 9.17) is 14.0 Å². The summed E-state index contributed by atoms with van der Waals surface area (Å²) in [7, 11) is 1.44. The van der Waals surface area contributed by atoms with E-state index in [1.807, 2.05) is 13.8 Å². The Balaban J connectivity index is 2.10. The van der Waals surface area contributed by atoms with Crippen molar-refractivity contribution in [3.05, 3.63) is 17.5 Å². The average molecular weight is 480 g/mol. The van der Waals surface area contributed by atoms with Crippen molar-refractivity contribution < 1.29 is 33.2 Å². The minimum absolute atomic E-state index is 0.00479. The largest absolute Gasteiger partial charge is 0.384 e. The van der Waals surface area contributed by atoms with Gasteiger partial charge in [0, 0.05) is 19.6 Å². The fourth-order valence-electron chi connectivity index (χ4n) is 3.72. The Morgan fingerprint density at radius 3 is 2.29 bits per heavy atom. The summed E-state index contributed by atoms with van der Waals surface area (Å²) < 4.78 is 15.4. The Morgan fingerprint density at radius 1 is 1.18 bits per heavy atom. The number of amides is 2. The Bertz CT molecular complexity index is 889. The second kappa shape index (κ2) is 11.7. The molecule has 2 amide bonds. The number of rotatable bonds is 14. The van der Waals surface area contributed by atoms with Crippen LogP contribution >= 0.6 is 0 Å². The monoisotopic (exact) mass is 479 g/mol. The smallest absolute Gasteiger partial charge is 0.274 e. The molecule has 1 aromatic heterocycles. The molecule has 1 aromatic rings. The molecule has 0 unspecified atom stereocenters. The summed E-state index contributed by atoms with van der Waals surface area (Å²) in [5.74, 6) is -1.86. The number of nitrogens with zero attached hydrogens (tertiary/aromatic N) is 1. The van der Waals surface area contributed by atoms with Crippen LogP contribution in [0.15, 0.2) is 10.6 Å². The quantitative estimate of drug-likeness (QED) is 0.385. The molecule has 1 saturated heterocycles. The molecule has 2 heterocycles. The van der Waals surface area contributed by atoms with Gasteiger partial charge in [-0.3, -0.25) is 19.2 Å². The Hall–Kier alpha value is -2.59. The molecule has 0 bridgehead atoms. The highest BCUT2D eigenvalue weighted by Gasteiger charge is 2.50. The molecular formula is C24H37N3O7. The zero-order valence-electron chi connectivity index (χ0n) is 21.1. The summed E-state index contributed by atoms with van der Waals surface area (Å²) in [6, 6.07) is -0.0667. The first-order valence-corrected chi connectivity index (χ1v) is 11.6. The molecule has 2 N–H and O–H groups in total. The van der Waals surface area contributed by atoms with Crippen LogP contribution in [0, 0.1) is 24.7 Å². The van der Waals surface area contributed by atoms with Crippen molar-refractivity contribution in [3.8, 4) is 0 Å².